The number of piperidine rings is 1. The molecule has 1 aliphatic rings. The lowest BCUT2D eigenvalue weighted by Crippen LogP contribution is -2.48. The molecule has 1 saturated heterocycles. The lowest BCUT2D eigenvalue weighted by Gasteiger charge is -2.27. The van der Waals surface area contributed by atoms with Gasteiger partial charge in [-0.25, -0.2) is 4.39 Å². The first-order valence-corrected chi connectivity index (χ1v) is 5.48. The number of alkyl halides is 1. The van der Waals surface area contributed by atoms with Crippen LogP contribution in [0.5, 0.6) is 0 Å². The Bertz CT molecular complexity index is 289. The zero-order valence-electron chi connectivity index (χ0n) is 8.75. The molecule has 0 bridgehead atoms. The molecule has 2 nitrogen and oxygen atoms in total. The van der Waals surface area contributed by atoms with Crippen molar-refractivity contribution in [2.75, 3.05) is 13.1 Å². The summed E-state index contributed by atoms with van der Waals surface area (Å²) in [6, 6.07) is 10.1. The van der Waals surface area contributed by atoms with Crippen molar-refractivity contribution in [3.63, 3.8) is 0 Å². The Labute approximate surface area is 89.9 Å². The average molecular weight is 208 g/mol. The number of halogens is 1. The summed E-state index contributed by atoms with van der Waals surface area (Å²) < 4.78 is 13.4. The Hall–Kier alpha value is -0.930. The largest absolute Gasteiger partial charge is 0.314 e. The topological polar surface area (TPSA) is 24.1 Å². The van der Waals surface area contributed by atoms with Crippen molar-refractivity contribution < 1.29 is 4.39 Å². The Morgan fingerprint density at radius 1 is 1.33 bits per heavy atom. The van der Waals surface area contributed by atoms with Crippen molar-refractivity contribution in [3.05, 3.63) is 35.9 Å². The second-order valence-electron chi connectivity index (χ2n) is 3.98. The van der Waals surface area contributed by atoms with Crippen molar-refractivity contribution in [1.29, 1.82) is 0 Å². The lowest BCUT2D eigenvalue weighted by atomic mass is 10.0. The van der Waals surface area contributed by atoms with Crippen LogP contribution in [0.3, 0.4) is 0 Å². The van der Waals surface area contributed by atoms with Gasteiger partial charge in [0.2, 0.25) is 0 Å². The smallest absolute Gasteiger partial charge is 0.128 e. The molecule has 0 radical (unpaired) electrons. The van der Waals surface area contributed by atoms with Crippen LogP contribution in [0, 0.1) is 0 Å². The summed E-state index contributed by atoms with van der Waals surface area (Å²) in [4.78, 5) is 0. The van der Waals surface area contributed by atoms with Gasteiger partial charge in [-0.2, -0.15) is 0 Å². The minimum atomic E-state index is -0.762. The van der Waals surface area contributed by atoms with E-state index in [0.29, 0.717) is 6.54 Å². The Morgan fingerprint density at radius 3 is 2.87 bits per heavy atom. The first kappa shape index (κ1) is 10.6. The van der Waals surface area contributed by atoms with E-state index in [4.69, 9.17) is 0 Å². The molecule has 15 heavy (non-hydrogen) atoms. The van der Waals surface area contributed by atoms with E-state index in [1.165, 1.54) is 5.56 Å². The van der Waals surface area contributed by atoms with Crippen LogP contribution in [0.1, 0.15) is 12.0 Å². The van der Waals surface area contributed by atoms with Crippen LogP contribution in [0.2, 0.25) is 0 Å². The molecule has 82 valence electrons. The predicted octanol–water partition coefficient (Wildman–Crippen LogP) is 1.48. The summed E-state index contributed by atoms with van der Waals surface area (Å²) in [6.45, 7) is 2.14. The standard InChI is InChI=1S/C12H17FN2/c13-11-9-14-7-6-12(11)15-8-10-4-2-1-3-5-10/h1-5,11-12,14-15H,6-9H2/t11-,12+/m0/s1. The number of hydrogen-bond acceptors (Lipinski definition) is 2. The number of rotatable bonds is 3. The van der Waals surface area contributed by atoms with E-state index in [1.807, 2.05) is 18.2 Å². The zero-order valence-corrected chi connectivity index (χ0v) is 8.75. The molecule has 2 rings (SSSR count). The van der Waals surface area contributed by atoms with E-state index < -0.39 is 6.17 Å². The van der Waals surface area contributed by atoms with E-state index in [9.17, 15) is 4.39 Å². The molecule has 0 aromatic heterocycles. The molecule has 1 heterocycles. The van der Waals surface area contributed by atoms with Crippen molar-refractivity contribution in [2.24, 2.45) is 0 Å². The minimum absolute atomic E-state index is 0.00598. The maximum Gasteiger partial charge on any atom is 0.128 e. The van der Waals surface area contributed by atoms with Crippen LogP contribution < -0.4 is 10.6 Å². The fraction of sp³-hybridized carbons (Fsp3) is 0.500. The summed E-state index contributed by atoms with van der Waals surface area (Å²) in [7, 11) is 0. The zero-order chi connectivity index (χ0) is 10.5. The summed E-state index contributed by atoms with van der Waals surface area (Å²) in [5.74, 6) is 0. The van der Waals surface area contributed by atoms with Crippen molar-refractivity contribution >= 4 is 0 Å². The molecule has 1 aromatic rings. The maximum absolute atomic E-state index is 13.4. The molecule has 0 saturated carbocycles. The molecule has 0 aliphatic carbocycles. The Balaban J connectivity index is 1.82. The SMILES string of the molecule is F[C@H]1CNCC[C@H]1NCc1ccccc1. The van der Waals surface area contributed by atoms with E-state index in [0.717, 1.165) is 19.5 Å². The molecule has 0 unspecified atom stereocenters. The van der Waals surface area contributed by atoms with Gasteiger partial charge in [0, 0.05) is 19.1 Å². The second-order valence-corrected chi connectivity index (χ2v) is 3.98. The van der Waals surface area contributed by atoms with Crippen molar-refractivity contribution in [2.45, 2.75) is 25.2 Å². The number of hydrogen-bond donors (Lipinski definition) is 2. The molecular weight excluding hydrogens is 191 g/mol. The van der Waals surface area contributed by atoms with Crippen LogP contribution in [0.15, 0.2) is 30.3 Å². The third-order valence-electron chi connectivity index (χ3n) is 2.82. The van der Waals surface area contributed by atoms with Gasteiger partial charge in [-0.3, -0.25) is 0 Å². The summed E-state index contributed by atoms with van der Waals surface area (Å²) in [6.07, 6.45) is 0.107. The molecule has 2 atom stereocenters. The highest BCUT2D eigenvalue weighted by atomic mass is 19.1. The molecule has 1 aliphatic heterocycles. The van der Waals surface area contributed by atoms with Gasteiger partial charge in [0.25, 0.3) is 0 Å². The third-order valence-corrected chi connectivity index (χ3v) is 2.82. The van der Waals surface area contributed by atoms with E-state index in [2.05, 4.69) is 22.8 Å². The third kappa shape index (κ3) is 3.01. The highest BCUT2D eigenvalue weighted by Gasteiger charge is 2.23. The Morgan fingerprint density at radius 2 is 2.13 bits per heavy atom. The number of benzene rings is 1. The molecule has 0 amide bonds. The molecule has 1 fully saturated rings. The molecule has 3 heteroatoms. The van der Waals surface area contributed by atoms with Crippen LogP contribution in [-0.2, 0) is 6.54 Å². The predicted molar refractivity (Wildman–Crippen MR) is 59.5 cm³/mol. The molecule has 0 spiro atoms. The second kappa shape index (κ2) is 5.24. The molecular formula is C12H17FN2. The van der Waals surface area contributed by atoms with E-state index >= 15 is 0 Å². The quantitative estimate of drug-likeness (QED) is 0.786. The monoisotopic (exact) mass is 208 g/mol. The van der Waals surface area contributed by atoms with Crippen LogP contribution in [0.25, 0.3) is 0 Å². The van der Waals surface area contributed by atoms with E-state index in [-0.39, 0.29) is 6.04 Å². The van der Waals surface area contributed by atoms with Gasteiger partial charge in [0.1, 0.15) is 6.17 Å². The van der Waals surface area contributed by atoms with E-state index in [1.54, 1.807) is 0 Å². The van der Waals surface area contributed by atoms with Crippen LogP contribution >= 0.6 is 0 Å². The fourth-order valence-corrected chi connectivity index (χ4v) is 1.90. The van der Waals surface area contributed by atoms with Crippen molar-refractivity contribution in [3.8, 4) is 0 Å². The lowest BCUT2D eigenvalue weighted by molar-refractivity contribution is 0.202. The van der Waals surface area contributed by atoms with Gasteiger partial charge in [-0.05, 0) is 18.5 Å². The fourth-order valence-electron chi connectivity index (χ4n) is 1.90. The van der Waals surface area contributed by atoms with Gasteiger partial charge in [0.15, 0.2) is 0 Å². The highest BCUT2D eigenvalue weighted by Crippen LogP contribution is 2.08. The normalized spacial score (nSPS) is 26.5. The number of nitrogens with one attached hydrogen (secondary N) is 2. The summed E-state index contributed by atoms with van der Waals surface area (Å²) in [5, 5.41) is 6.32. The van der Waals surface area contributed by atoms with Gasteiger partial charge >= 0.3 is 0 Å². The maximum atomic E-state index is 13.4. The summed E-state index contributed by atoms with van der Waals surface area (Å²) in [5.41, 5.74) is 1.21. The van der Waals surface area contributed by atoms with Gasteiger partial charge in [-0.1, -0.05) is 30.3 Å². The van der Waals surface area contributed by atoms with Crippen LogP contribution in [-0.4, -0.2) is 25.3 Å². The molecule has 1 aromatic carbocycles. The van der Waals surface area contributed by atoms with Gasteiger partial charge < -0.3 is 10.6 Å². The average Bonchev–Trinajstić information content (AvgIpc) is 2.29. The molecule has 2 N–H and O–H groups in total. The Kier molecular flexibility index (Phi) is 3.69. The first-order valence-electron chi connectivity index (χ1n) is 5.48. The summed E-state index contributed by atoms with van der Waals surface area (Å²) >= 11 is 0. The minimum Gasteiger partial charge on any atom is -0.314 e. The van der Waals surface area contributed by atoms with Gasteiger partial charge in [-0.15, -0.1) is 0 Å². The van der Waals surface area contributed by atoms with Crippen LogP contribution in [0.4, 0.5) is 4.39 Å². The van der Waals surface area contributed by atoms with Crippen molar-refractivity contribution in [1.82, 2.24) is 10.6 Å². The van der Waals surface area contributed by atoms with Gasteiger partial charge in [0.05, 0.1) is 0 Å². The first-order chi connectivity index (χ1) is 7.36. The highest BCUT2D eigenvalue weighted by molar-refractivity contribution is 5.14.